The molecule has 2 aromatic heterocycles. The number of nitrogens with one attached hydrogen (secondary N) is 1. The molecule has 0 bridgehead atoms. The summed E-state index contributed by atoms with van der Waals surface area (Å²) in [5.74, 6) is 0.370. The Morgan fingerprint density at radius 2 is 1.85 bits per heavy atom. The molecule has 0 saturated heterocycles. The minimum Gasteiger partial charge on any atom is -0.350 e. The summed E-state index contributed by atoms with van der Waals surface area (Å²) in [4.78, 5) is 24.1. The Labute approximate surface area is 158 Å². The van der Waals surface area contributed by atoms with E-state index in [1.54, 1.807) is 35.0 Å². The number of hydrogen-bond acceptors (Lipinski definition) is 4. The lowest BCUT2D eigenvalue weighted by Crippen LogP contribution is -2.32. The van der Waals surface area contributed by atoms with Gasteiger partial charge in [0.05, 0.1) is 12.2 Å². The average molecular weight is 416 g/mol. The Kier molecular flexibility index (Phi) is 5.32. The van der Waals surface area contributed by atoms with E-state index in [0.29, 0.717) is 17.9 Å². The number of benzene rings is 1. The summed E-state index contributed by atoms with van der Waals surface area (Å²) >= 11 is 3.33. The quantitative estimate of drug-likeness (QED) is 0.692. The highest BCUT2D eigenvalue weighted by molar-refractivity contribution is 9.10. The fraction of sp³-hybridized carbons (Fsp3) is 0.222. The van der Waals surface area contributed by atoms with E-state index in [9.17, 15) is 9.59 Å². The van der Waals surface area contributed by atoms with Gasteiger partial charge in [-0.1, -0.05) is 15.9 Å². The topological polar surface area (TPSA) is 81.8 Å². The first-order valence-electron chi connectivity index (χ1n) is 8.09. The summed E-state index contributed by atoms with van der Waals surface area (Å²) in [7, 11) is 0. The van der Waals surface area contributed by atoms with Crippen LogP contribution in [0.25, 0.3) is 5.82 Å². The number of hydrogen-bond donors (Lipinski definition) is 1. The summed E-state index contributed by atoms with van der Waals surface area (Å²) < 4.78 is 3.92. The Morgan fingerprint density at radius 1 is 1.12 bits per heavy atom. The molecule has 1 amide bonds. The summed E-state index contributed by atoms with van der Waals surface area (Å²) in [5.41, 5.74) is 2.14. The van der Waals surface area contributed by atoms with Gasteiger partial charge in [-0.05, 0) is 50.2 Å². The number of aromatic nitrogens is 4. The highest BCUT2D eigenvalue weighted by atomic mass is 79.9. The number of halogens is 1. The Balaban J connectivity index is 1.69. The third kappa shape index (κ3) is 4.08. The van der Waals surface area contributed by atoms with Gasteiger partial charge in [-0.15, -0.1) is 5.10 Å². The molecule has 0 saturated carbocycles. The average Bonchev–Trinajstić information content (AvgIpc) is 2.95. The predicted molar refractivity (Wildman–Crippen MR) is 102 cm³/mol. The molecule has 26 heavy (non-hydrogen) atoms. The van der Waals surface area contributed by atoms with Gasteiger partial charge in [0, 0.05) is 28.3 Å². The maximum absolute atomic E-state index is 12.1. The number of rotatable bonds is 5. The number of carbonyl (C=O) groups is 1. The molecule has 0 spiro atoms. The second kappa shape index (κ2) is 7.65. The molecule has 0 aliphatic heterocycles. The van der Waals surface area contributed by atoms with Gasteiger partial charge in [0.1, 0.15) is 0 Å². The van der Waals surface area contributed by atoms with Crippen LogP contribution in [0.3, 0.4) is 0 Å². The van der Waals surface area contributed by atoms with Crippen LogP contribution in [0.1, 0.15) is 21.7 Å². The maximum atomic E-state index is 12.1. The summed E-state index contributed by atoms with van der Waals surface area (Å²) in [6.45, 7) is 4.39. The standard InChI is InChI=1S/C18H18BrN5O2/c1-12-11-13(2)24(21-12)16-7-8-17(25)23(22-16)10-9-20-18(26)14-3-5-15(19)6-4-14/h3-8,11H,9-10H2,1-2H3,(H,20,26). The third-order valence-corrected chi connectivity index (χ3v) is 4.32. The molecular weight excluding hydrogens is 398 g/mol. The monoisotopic (exact) mass is 415 g/mol. The first kappa shape index (κ1) is 18.1. The second-order valence-corrected chi connectivity index (χ2v) is 6.77. The van der Waals surface area contributed by atoms with E-state index < -0.39 is 0 Å². The zero-order chi connectivity index (χ0) is 18.7. The van der Waals surface area contributed by atoms with Crippen LogP contribution in [0, 0.1) is 13.8 Å². The molecule has 1 aromatic carbocycles. The maximum Gasteiger partial charge on any atom is 0.266 e. The second-order valence-electron chi connectivity index (χ2n) is 5.85. The molecule has 0 atom stereocenters. The number of carbonyl (C=O) groups excluding carboxylic acids is 1. The molecule has 8 heteroatoms. The van der Waals surface area contributed by atoms with E-state index in [2.05, 4.69) is 31.4 Å². The van der Waals surface area contributed by atoms with Crippen molar-refractivity contribution in [1.82, 2.24) is 24.9 Å². The van der Waals surface area contributed by atoms with Crippen molar-refractivity contribution in [1.29, 1.82) is 0 Å². The Bertz CT molecular complexity index is 992. The van der Waals surface area contributed by atoms with Crippen LogP contribution in [-0.2, 0) is 6.54 Å². The molecule has 2 heterocycles. The first-order chi connectivity index (χ1) is 12.4. The lowest BCUT2D eigenvalue weighted by Gasteiger charge is -2.09. The van der Waals surface area contributed by atoms with Crippen LogP contribution in [0.5, 0.6) is 0 Å². The van der Waals surface area contributed by atoms with Crippen molar-refractivity contribution in [2.24, 2.45) is 0 Å². The van der Waals surface area contributed by atoms with Gasteiger partial charge in [0.15, 0.2) is 5.82 Å². The van der Waals surface area contributed by atoms with E-state index in [1.807, 2.05) is 19.9 Å². The molecule has 0 radical (unpaired) electrons. The van der Waals surface area contributed by atoms with Gasteiger partial charge >= 0.3 is 0 Å². The zero-order valence-electron chi connectivity index (χ0n) is 14.4. The van der Waals surface area contributed by atoms with E-state index in [-0.39, 0.29) is 18.0 Å². The molecule has 0 unspecified atom stereocenters. The first-order valence-corrected chi connectivity index (χ1v) is 8.89. The van der Waals surface area contributed by atoms with Crippen molar-refractivity contribution in [3.63, 3.8) is 0 Å². The largest absolute Gasteiger partial charge is 0.350 e. The van der Waals surface area contributed by atoms with Crippen LogP contribution in [0.15, 0.2) is 51.7 Å². The molecule has 3 aromatic rings. The Morgan fingerprint density at radius 3 is 2.50 bits per heavy atom. The highest BCUT2D eigenvalue weighted by Crippen LogP contribution is 2.10. The minimum absolute atomic E-state index is 0.194. The van der Waals surface area contributed by atoms with Crippen molar-refractivity contribution in [2.75, 3.05) is 6.54 Å². The van der Waals surface area contributed by atoms with Crippen LogP contribution in [0.2, 0.25) is 0 Å². The molecule has 1 N–H and O–H groups in total. The van der Waals surface area contributed by atoms with E-state index in [4.69, 9.17) is 0 Å². The Hall–Kier alpha value is -2.74. The normalized spacial score (nSPS) is 10.7. The number of aryl methyl sites for hydroxylation is 2. The van der Waals surface area contributed by atoms with Crippen LogP contribution >= 0.6 is 15.9 Å². The van der Waals surface area contributed by atoms with Crippen LogP contribution in [-0.4, -0.2) is 32.0 Å². The lowest BCUT2D eigenvalue weighted by molar-refractivity contribution is 0.0951. The molecule has 0 fully saturated rings. The van der Waals surface area contributed by atoms with Crippen molar-refractivity contribution >= 4 is 21.8 Å². The molecule has 7 nitrogen and oxygen atoms in total. The van der Waals surface area contributed by atoms with Crippen molar-refractivity contribution < 1.29 is 4.79 Å². The molecular formula is C18H18BrN5O2. The number of amides is 1. The van der Waals surface area contributed by atoms with Gasteiger partial charge in [-0.2, -0.15) is 5.10 Å². The SMILES string of the molecule is Cc1cc(C)n(-c2ccc(=O)n(CCNC(=O)c3ccc(Br)cc3)n2)n1. The molecule has 0 aliphatic rings. The molecule has 3 rings (SSSR count). The van der Waals surface area contributed by atoms with Gasteiger partial charge < -0.3 is 5.32 Å². The molecule has 134 valence electrons. The van der Waals surface area contributed by atoms with Crippen molar-refractivity contribution in [2.45, 2.75) is 20.4 Å². The smallest absolute Gasteiger partial charge is 0.266 e. The zero-order valence-corrected chi connectivity index (χ0v) is 16.0. The molecule has 0 aliphatic carbocycles. The fourth-order valence-corrected chi connectivity index (χ4v) is 2.82. The van der Waals surface area contributed by atoms with E-state index in [0.717, 1.165) is 15.9 Å². The predicted octanol–water partition coefficient (Wildman–Crippen LogP) is 2.24. The summed E-state index contributed by atoms with van der Waals surface area (Å²) in [6.07, 6.45) is 0. The number of nitrogens with zero attached hydrogens (tertiary/aromatic N) is 4. The van der Waals surface area contributed by atoms with E-state index in [1.165, 1.54) is 10.7 Å². The third-order valence-electron chi connectivity index (χ3n) is 3.79. The van der Waals surface area contributed by atoms with Gasteiger partial charge in [-0.25, -0.2) is 9.36 Å². The summed E-state index contributed by atoms with van der Waals surface area (Å²) in [6, 6.07) is 12.1. The highest BCUT2D eigenvalue weighted by Gasteiger charge is 2.08. The van der Waals surface area contributed by atoms with Gasteiger partial charge in [0.2, 0.25) is 0 Å². The van der Waals surface area contributed by atoms with Gasteiger partial charge in [-0.3, -0.25) is 9.59 Å². The van der Waals surface area contributed by atoms with E-state index >= 15 is 0 Å². The van der Waals surface area contributed by atoms with Crippen molar-refractivity contribution in [3.8, 4) is 5.82 Å². The van der Waals surface area contributed by atoms with Gasteiger partial charge in [0.25, 0.3) is 11.5 Å². The van der Waals surface area contributed by atoms with Crippen LogP contribution < -0.4 is 10.9 Å². The minimum atomic E-state index is -0.229. The van der Waals surface area contributed by atoms with Crippen molar-refractivity contribution in [3.05, 3.63) is 74.2 Å². The fourth-order valence-electron chi connectivity index (χ4n) is 2.55. The lowest BCUT2D eigenvalue weighted by atomic mass is 10.2. The summed E-state index contributed by atoms with van der Waals surface area (Å²) in [5, 5.41) is 11.5. The van der Waals surface area contributed by atoms with Crippen LogP contribution in [0.4, 0.5) is 0 Å².